The second-order valence-corrected chi connectivity index (χ2v) is 6.42. The van der Waals surface area contributed by atoms with Crippen LogP contribution in [0.3, 0.4) is 0 Å². The van der Waals surface area contributed by atoms with E-state index in [1.807, 2.05) is 18.7 Å². The van der Waals surface area contributed by atoms with Gasteiger partial charge in [-0.25, -0.2) is 0 Å². The molecule has 0 heterocycles. The van der Waals surface area contributed by atoms with Gasteiger partial charge in [-0.15, -0.1) is 0 Å². The molecule has 0 aromatic carbocycles. The van der Waals surface area contributed by atoms with Crippen LogP contribution in [0.25, 0.3) is 0 Å². The highest BCUT2D eigenvalue weighted by molar-refractivity contribution is 7.99. The van der Waals surface area contributed by atoms with Crippen LogP contribution in [0.1, 0.15) is 53.4 Å². The number of thioether (sulfide) groups is 1. The molecule has 0 aliphatic heterocycles. The Morgan fingerprint density at radius 3 is 2.50 bits per heavy atom. The summed E-state index contributed by atoms with van der Waals surface area (Å²) in [5, 5.41) is 3.32. The van der Waals surface area contributed by atoms with E-state index < -0.39 is 5.54 Å². The number of carbonyl (C=O) groups is 1. The van der Waals surface area contributed by atoms with Gasteiger partial charge in [-0.1, -0.05) is 19.8 Å². The Balaban J connectivity index is 4.05. The number of nitrogens with one attached hydrogen (secondary N) is 1. The van der Waals surface area contributed by atoms with Gasteiger partial charge in [-0.3, -0.25) is 10.1 Å². The van der Waals surface area contributed by atoms with Crippen LogP contribution in [0.5, 0.6) is 0 Å². The first-order chi connectivity index (χ1) is 8.46. The van der Waals surface area contributed by atoms with E-state index in [0.717, 1.165) is 12.2 Å². The smallest absolute Gasteiger partial charge is 0.325 e. The number of esters is 1. The van der Waals surface area contributed by atoms with Gasteiger partial charge >= 0.3 is 5.97 Å². The van der Waals surface area contributed by atoms with Crippen LogP contribution in [-0.4, -0.2) is 36.2 Å². The summed E-state index contributed by atoms with van der Waals surface area (Å²) in [6, 6.07) is 0.277. The standard InChI is InChI=1S/C14H29NO2S/c1-6-7-8-10-18-11-9-14(4,13(16)17-5)15-12(2)3/h12,15H,6-11H2,1-5H3. The summed E-state index contributed by atoms with van der Waals surface area (Å²) < 4.78 is 4.90. The van der Waals surface area contributed by atoms with Crippen LogP contribution >= 0.6 is 11.8 Å². The fourth-order valence-electron chi connectivity index (χ4n) is 1.93. The minimum Gasteiger partial charge on any atom is -0.468 e. The number of hydrogen-bond acceptors (Lipinski definition) is 4. The van der Waals surface area contributed by atoms with Gasteiger partial charge in [0.1, 0.15) is 5.54 Å². The zero-order valence-electron chi connectivity index (χ0n) is 12.5. The second kappa shape index (κ2) is 9.68. The molecule has 0 aliphatic rings. The Morgan fingerprint density at radius 1 is 1.33 bits per heavy atom. The Labute approximate surface area is 116 Å². The Hall–Kier alpha value is -0.220. The first kappa shape index (κ1) is 17.8. The van der Waals surface area contributed by atoms with Gasteiger partial charge in [0, 0.05) is 6.04 Å². The highest BCUT2D eigenvalue weighted by atomic mass is 32.2. The lowest BCUT2D eigenvalue weighted by Crippen LogP contribution is -2.53. The van der Waals surface area contributed by atoms with E-state index >= 15 is 0 Å². The zero-order chi connectivity index (χ0) is 14.0. The fourth-order valence-corrected chi connectivity index (χ4v) is 3.09. The van der Waals surface area contributed by atoms with Crippen LogP contribution in [0, 0.1) is 0 Å². The minimum atomic E-state index is -0.555. The average molecular weight is 275 g/mol. The molecule has 0 saturated carbocycles. The summed E-state index contributed by atoms with van der Waals surface area (Å²) in [4.78, 5) is 11.8. The molecule has 1 N–H and O–H groups in total. The number of unbranched alkanes of at least 4 members (excludes halogenated alkanes) is 2. The van der Waals surface area contributed by atoms with Crippen LogP contribution < -0.4 is 5.32 Å². The van der Waals surface area contributed by atoms with Crippen LogP contribution in [-0.2, 0) is 9.53 Å². The maximum absolute atomic E-state index is 11.8. The zero-order valence-corrected chi connectivity index (χ0v) is 13.4. The van der Waals surface area contributed by atoms with Gasteiger partial charge in [-0.05, 0) is 45.1 Å². The maximum Gasteiger partial charge on any atom is 0.325 e. The molecule has 0 radical (unpaired) electrons. The van der Waals surface area contributed by atoms with E-state index in [4.69, 9.17) is 4.74 Å². The third-order valence-corrected chi connectivity index (χ3v) is 3.95. The molecular weight excluding hydrogens is 246 g/mol. The molecule has 108 valence electrons. The van der Waals surface area contributed by atoms with Crippen LogP contribution in [0.15, 0.2) is 0 Å². The number of carbonyl (C=O) groups excluding carboxylic acids is 1. The number of methoxy groups -OCH3 is 1. The molecule has 0 spiro atoms. The monoisotopic (exact) mass is 275 g/mol. The van der Waals surface area contributed by atoms with Crippen LogP contribution in [0.2, 0.25) is 0 Å². The summed E-state index contributed by atoms with van der Waals surface area (Å²) >= 11 is 1.93. The van der Waals surface area contributed by atoms with Crippen molar-refractivity contribution in [1.82, 2.24) is 5.32 Å². The van der Waals surface area contributed by atoms with Crippen molar-refractivity contribution in [1.29, 1.82) is 0 Å². The third-order valence-electron chi connectivity index (χ3n) is 2.88. The van der Waals surface area contributed by atoms with Crippen molar-refractivity contribution in [2.75, 3.05) is 18.6 Å². The van der Waals surface area contributed by atoms with Crippen molar-refractivity contribution in [3.63, 3.8) is 0 Å². The van der Waals surface area contributed by atoms with Crippen molar-refractivity contribution >= 4 is 17.7 Å². The molecule has 4 heteroatoms. The van der Waals surface area contributed by atoms with E-state index in [-0.39, 0.29) is 12.0 Å². The minimum absolute atomic E-state index is 0.162. The number of ether oxygens (including phenoxy) is 1. The SMILES string of the molecule is CCCCCSCCC(C)(NC(C)C)C(=O)OC. The lowest BCUT2D eigenvalue weighted by Gasteiger charge is -2.30. The van der Waals surface area contributed by atoms with Crippen molar-refractivity contribution in [2.24, 2.45) is 0 Å². The van der Waals surface area contributed by atoms with Crippen LogP contribution in [0.4, 0.5) is 0 Å². The van der Waals surface area contributed by atoms with E-state index in [1.54, 1.807) is 0 Å². The summed E-state index contributed by atoms with van der Waals surface area (Å²) in [5.74, 6) is 2.02. The van der Waals surface area contributed by atoms with Gasteiger partial charge in [0.15, 0.2) is 0 Å². The molecule has 0 bridgehead atoms. The summed E-state index contributed by atoms with van der Waals surface area (Å²) in [7, 11) is 1.46. The van der Waals surface area contributed by atoms with Crippen molar-refractivity contribution in [2.45, 2.75) is 65.0 Å². The molecule has 0 fully saturated rings. The number of rotatable bonds is 10. The van der Waals surface area contributed by atoms with E-state index in [9.17, 15) is 4.79 Å². The van der Waals surface area contributed by atoms with E-state index in [1.165, 1.54) is 32.1 Å². The summed E-state index contributed by atoms with van der Waals surface area (Å²) in [6.45, 7) is 8.25. The highest BCUT2D eigenvalue weighted by Crippen LogP contribution is 2.18. The lowest BCUT2D eigenvalue weighted by molar-refractivity contribution is -0.148. The Kier molecular flexibility index (Phi) is 9.56. The summed E-state index contributed by atoms with van der Waals surface area (Å²) in [6.07, 6.45) is 4.64. The van der Waals surface area contributed by atoms with Gasteiger partial charge in [0.25, 0.3) is 0 Å². The molecule has 1 unspecified atom stereocenters. The molecule has 0 rings (SSSR count). The largest absolute Gasteiger partial charge is 0.468 e. The topological polar surface area (TPSA) is 38.3 Å². The lowest BCUT2D eigenvalue weighted by atomic mass is 9.98. The third kappa shape index (κ3) is 7.27. The molecular formula is C14H29NO2S. The van der Waals surface area contributed by atoms with Crippen molar-refractivity contribution < 1.29 is 9.53 Å². The first-order valence-electron chi connectivity index (χ1n) is 6.90. The quantitative estimate of drug-likeness (QED) is 0.491. The predicted molar refractivity (Wildman–Crippen MR) is 80.2 cm³/mol. The average Bonchev–Trinajstić information content (AvgIpc) is 2.31. The molecule has 0 aromatic heterocycles. The van der Waals surface area contributed by atoms with Gasteiger partial charge in [0.05, 0.1) is 7.11 Å². The Bertz CT molecular complexity index is 234. The van der Waals surface area contributed by atoms with E-state index in [0.29, 0.717) is 0 Å². The molecule has 3 nitrogen and oxygen atoms in total. The molecule has 1 atom stereocenters. The van der Waals surface area contributed by atoms with Gasteiger partial charge in [0.2, 0.25) is 0 Å². The Morgan fingerprint density at radius 2 is 2.00 bits per heavy atom. The fraction of sp³-hybridized carbons (Fsp3) is 0.929. The number of hydrogen-bond donors (Lipinski definition) is 1. The normalized spacial score (nSPS) is 14.6. The van der Waals surface area contributed by atoms with E-state index in [2.05, 4.69) is 26.1 Å². The van der Waals surface area contributed by atoms with Gasteiger partial charge < -0.3 is 4.74 Å². The first-order valence-corrected chi connectivity index (χ1v) is 8.05. The second-order valence-electron chi connectivity index (χ2n) is 5.19. The molecule has 0 amide bonds. The molecule has 0 aromatic rings. The molecule has 0 saturated heterocycles. The molecule has 18 heavy (non-hydrogen) atoms. The summed E-state index contributed by atoms with van der Waals surface area (Å²) in [5.41, 5.74) is -0.555. The molecule has 0 aliphatic carbocycles. The van der Waals surface area contributed by atoms with Crippen molar-refractivity contribution in [3.05, 3.63) is 0 Å². The predicted octanol–water partition coefficient (Wildman–Crippen LogP) is 3.23. The highest BCUT2D eigenvalue weighted by Gasteiger charge is 2.34. The maximum atomic E-state index is 11.8. The van der Waals surface area contributed by atoms with Gasteiger partial charge in [-0.2, -0.15) is 11.8 Å². The van der Waals surface area contributed by atoms with Crippen molar-refractivity contribution in [3.8, 4) is 0 Å².